The largest absolute Gasteiger partial charge is 0.494 e. The molecule has 1 unspecified atom stereocenters. The Hall–Kier alpha value is -2.41. The van der Waals surface area contributed by atoms with Crippen LogP contribution in [-0.2, 0) is 28.9 Å². The van der Waals surface area contributed by atoms with Crippen LogP contribution >= 0.6 is 0 Å². The third kappa shape index (κ3) is 3.31. The Bertz CT molecular complexity index is 814. The van der Waals surface area contributed by atoms with Crippen molar-refractivity contribution in [1.82, 2.24) is 9.88 Å². The fourth-order valence-electron chi connectivity index (χ4n) is 3.44. The normalized spacial score (nSPS) is 19.5. The van der Waals surface area contributed by atoms with Crippen molar-refractivity contribution in [3.8, 4) is 5.75 Å². The van der Waals surface area contributed by atoms with Gasteiger partial charge in [0.25, 0.3) is 0 Å². The number of carbonyl (C=O) groups excluding carboxylic acids is 1. The van der Waals surface area contributed by atoms with Crippen LogP contribution in [0.4, 0.5) is 4.39 Å². The SMILES string of the molecule is COc1ccc(CC(=O)N2CCc3oc(C4CCOC4)nc3C2)cc1F. The Morgan fingerprint density at radius 1 is 1.46 bits per heavy atom. The van der Waals surface area contributed by atoms with Gasteiger partial charge in [0.1, 0.15) is 11.5 Å². The molecular formula is C19H21FN2O4. The highest BCUT2D eigenvalue weighted by molar-refractivity contribution is 5.79. The number of fused-ring (bicyclic) bond motifs is 1. The monoisotopic (exact) mass is 360 g/mol. The molecule has 0 N–H and O–H groups in total. The number of oxazole rings is 1. The fourth-order valence-corrected chi connectivity index (χ4v) is 3.44. The average Bonchev–Trinajstić information content (AvgIpc) is 3.30. The van der Waals surface area contributed by atoms with Gasteiger partial charge in [-0.2, -0.15) is 0 Å². The molecule has 4 rings (SSSR count). The first-order chi connectivity index (χ1) is 12.6. The highest BCUT2D eigenvalue weighted by Gasteiger charge is 2.29. The molecule has 138 valence electrons. The molecule has 2 aromatic rings. The van der Waals surface area contributed by atoms with Crippen molar-refractivity contribution in [3.63, 3.8) is 0 Å². The van der Waals surface area contributed by atoms with E-state index in [0.717, 1.165) is 30.4 Å². The number of hydrogen-bond donors (Lipinski definition) is 0. The number of halogens is 1. The molecule has 1 amide bonds. The summed E-state index contributed by atoms with van der Waals surface area (Å²) in [5.74, 6) is 1.47. The molecule has 0 aliphatic carbocycles. The molecule has 0 spiro atoms. The lowest BCUT2D eigenvalue weighted by molar-refractivity contribution is -0.131. The molecule has 1 saturated heterocycles. The molecule has 0 saturated carbocycles. The molecule has 2 aliphatic heterocycles. The highest BCUT2D eigenvalue weighted by Crippen LogP contribution is 2.29. The summed E-state index contributed by atoms with van der Waals surface area (Å²) >= 11 is 0. The number of rotatable bonds is 4. The minimum Gasteiger partial charge on any atom is -0.494 e. The predicted molar refractivity (Wildman–Crippen MR) is 90.5 cm³/mol. The first kappa shape index (κ1) is 17.0. The molecule has 0 radical (unpaired) electrons. The molecule has 2 aliphatic rings. The maximum atomic E-state index is 13.8. The standard InChI is InChI=1S/C19H21FN2O4/c1-24-16-3-2-12(8-14(16)20)9-18(23)22-6-4-17-15(10-22)21-19(26-17)13-5-7-25-11-13/h2-3,8,13H,4-7,9-11H2,1H3. The van der Waals surface area contributed by atoms with Crippen molar-refractivity contribution >= 4 is 5.91 Å². The van der Waals surface area contributed by atoms with E-state index in [1.54, 1.807) is 17.0 Å². The zero-order chi connectivity index (χ0) is 18.1. The molecule has 1 aromatic heterocycles. The second-order valence-corrected chi connectivity index (χ2v) is 6.69. The zero-order valence-corrected chi connectivity index (χ0v) is 14.7. The van der Waals surface area contributed by atoms with Crippen LogP contribution in [0.5, 0.6) is 5.75 Å². The summed E-state index contributed by atoms with van der Waals surface area (Å²) in [6, 6.07) is 4.60. The summed E-state index contributed by atoms with van der Waals surface area (Å²) in [5, 5.41) is 0. The van der Waals surface area contributed by atoms with Gasteiger partial charge in [-0.3, -0.25) is 4.79 Å². The number of hydrogen-bond acceptors (Lipinski definition) is 5. The first-order valence-electron chi connectivity index (χ1n) is 8.80. The maximum Gasteiger partial charge on any atom is 0.227 e. The highest BCUT2D eigenvalue weighted by atomic mass is 19.1. The number of amides is 1. The van der Waals surface area contributed by atoms with Crippen molar-refractivity contribution in [3.05, 3.63) is 46.9 Å². The molecular weight excluding hydrogens is 339 g/mol. The molecule has 1 fully saturated rings. The van der Waals surface area contributed by atoms with Crippen LogP contribution < -0.4 is 4.74 Å². The minimum absolute atomic E-state index is 0.0473. The van der Waals surface area contributed by atoms with Crippen LogP contribution in [0.3, 0.4) is 0 Å². The molecule has 1 atom stereocenters. The van der Waals surface area contributed by atoms with E-state index in [9.17, 15) is 9.18 Å². The Kier molecular flexibility index (Phi) is 4.63. The summed E-state index contributed by atoms with van der Waals surface area (Å²) in [4.78, 5) is 18.9. The van der Waals surface area contributed by atoms with Crippen LogP contribution in [0.15, 0.2) is 22.6 Å². The average molecular weight is 360 g/mol. The molecule has 7 heteroatoms. The number of methoxy groups -OCH3 is 1. The third-order valence-corrected chi connectivity index (χ3v) is 4.95. The second-order valence-electron chi connectivity index (χ2n) is 6.69. The molecule has 26 heavy (non-hydrogen) atoms. The van der Waals surface area contributed by atoms with Gasteiger partial charge in [-0.25, -0.2) is 9.37 Å². The van der Waals surface area contributed by atoms with Crippen LogP contribution in [0.1, 0.15) is 35.2 Å². The number of nitrogens with zero attached hydrogens (tertiary/aromatic N) is 2. The number of aromatic nitrogens is 1. The molecule has 1 aromatic carbocycles. The van der Waals surface area contributed by atoms with E-state index in [1.807, 2.05) is 0 Å². The lowest BCUT2D eigenvalue weighted by Gasteiger charge is -2.25. The zero-order valence-electron chi connectivity index (χ0n) is 14.7. The van der Waals surface area contributed by atoms with E-state index in [2.05, 4.69) is 4.98 Å². The van der Waals surface area contributed by atoms with Crippen LogP contribution in [0, 0.1) is 5.82 Å². The topological polar surface area (TPSA) is 64.8 Å². The van der Waals surface area contributed by atoms with Crippen molar-refractivity contribution in [2.45, 2.75) is 31.7 Å². The van der Waals surface area contributed by atoms with Gasteiger partial charge in [-0.15, -0.1) is 0 Å². The summed E-state index contributed by atoms with van der Waals surface area (Å²) in [5.41, 5.74) is 1.45. The lowest BCUT2D eigenvalue weighted by atomic mass is 10.1. The first-order valence-corrected chi connectivity index (χ1v) is 8.80. The van der Waals surface area contributed by atoms with E-state index >= 15 is 0 Å². The van der Waals surface area contributed by atoms with Gasteiger partial charge in [0.2, 0.25) is 5.91 Å². The third-order valence-electron chi connectivity index (χ3n) is 4.95. The van der Waals surface area contributed by atoms with E-state index in [0.29, 0.717) is 31.7 Å². The quantitative estimate of drug-likeness (QED) is 0.838. The Morgan fingerprint density at radius 2 is 2.35 bits per heavy atom. The van der Waals surface area contributed by atoms with E-state index in [-0.39, 0.29) is 24.0 Å². The number of ether oxygens (including phenoxy) is 2. The lowest BCUT2D eigenvalue weighted by Crippen LogP contribution is -2.36. The van der Waals surface area contributed by atoms with Crippen LogP contribution in [0.25, 0.3) is 0 Å². The minimum atomic E-state index is -0.460. The van der Waals surface area contributed by atoms with E-state index in [1.165, 1.54) is 13.2 Å². The van der Waals surface area contributed by atoms with Gasteiger partial charge in [-0.05, 0) is 24.1 Å². The van der Waals surface area contributed by atoms with Gasteiger partial charge >= 0.3 is 0 Å². The van der Waals surface area contributed by atoms with Crippen LogP contribution in [0.2, 0.25) is 0 Å². The maximum absolute atomic E-state index is 13.8. The van der Waals surface area contributed by atoms with Gasteiger partial charge < -0.3 is 18.8 Å². The van der Waals surface area contributed by atoms with Crippen molar-refractivity contribution < 1.29 is 23.1 Å². The van der Waals surface area contributed by atoms with Crippen molar-refractivity contribution in [2.24, 2.45) is 0 Å². The van der Waals surface area contributed by atoms with Crippen LogP contribution in [-0.4, -0.2) is 42.7 Å². The van der Waals surface area contributed by atoms with Crippen molar-refractivity contribution in [2.75, 3.05) is 26.9 Å². The Morgan fingerprint density at radius 3 is 3.08 bits per heavy atom. The van der Waals surface area contributed by atoms with Gasteiger partial charge in [0.15, 0.2) is 17.5 Å². The van der Waals surface area contributed by atoms with E-state index < -0.39 is 5.82 Å². The summed E-state index contributed by atoms with van der Waals surface area (Å²) in [6.07, 6.45) is 1.72. The smallest absolute Gasteiger partial charge is 0.227 e. The fraction of sp³-hybridized carbons (Fsp3) is 0.474. The Balaban J connectivity index is 1.43. The van der Waals surface area contributed by atoms with Gasteiger partial charge in [0, 0.05) is 19.6 Å². The van der Waals surface area contributed by atoms with E-state index in [4.69, 9.17) is 13.9 Å². The second kappa shape index (κ2) is 7.07. The molecule has 0 bridgehead atoms. The predicted octanol–water partition coefficient (Wildman–Crippen LogP) is 2.45. The molecule has 3 heterocycles. The number of benzene rings is 1. The molecule has 6 nitrogen and oxygen atoms in total. The number of carbonyl (C=O) groups is 1. The van der Waals surface area contributed by atoms with Gasteiger partial charge in [0.05, 0.1) is 32.6 Å². The van der Waals surface area contributed by atoms with Gasteiger partial charge in [-0.1, -0.05) is 6.07 Å². The summed E-state index contributed by atoms with van der Waals surface area (Å²) in [6.45, 7) is 2.40. The van der Waals surface area contributed by atoms with Crippen molar-refractivity contribution in [1.29, 1.82) is 0 Å². The Labute approximate surface area is 150 Å². The summed E-state index contributed by atoms with van der Waals surface area (Å²) in [7, 11) is 1.42. The summed E-state index contributed by atoms with van der Waals surface area (Å²) < 4.78 is 30.0.